The molecule has 0 rings (SSSR count). The lowest BCUT2D eigenvalue weighted by atomic mass is 10.0. The highest BCUT2D eigenvalue weighted by Gasteiger charge is 2.72. The maximum Gasteiger partial charge on any atom is 0.673 e. The summed E-state index contributed by atoms with van der Waals surface area (Å²) < 4.78 is 151. The van der Waals surface area contributed by atoms with Crippen molar-refractivity contribution in [2.45, 2.75) is 75.4 Å². The van der Waals surface area contributed by atoms with Crippen LogP contribution in [0, 0.1) is 0 Å². The monoisotopic (exact) mass is 435 g/mol. The molecule has 0 saturated heterocycles. The van der Waals surface area contributed by atoms with Crippen molar-refractivity contribution < 1.29 is 62.5 Å². The minimum absolute atomic E-state index is 0.0560. The first kappa shape index (κ1) is 28.3. The molecule has 0 aromatic carbocycles. The van der Waals surface area contributed by atoms with Gasteiger partial charge in [-0.3, -0.25) is 5.73 Å². The lowest BCUT2D eigenvalue weighted by molar-refractivity contribution is -0.624. The lowest BCUT2D eigenvalue weighted by Crippen LogP contribution is -2.78. The van der Waals surface area contributed by atoms with Crippen molar-refractivity contribution in [1.82, 2.24) is 0 Å². The van der Waals surface area contributed by atoms with E-state index in [0.717, 1.165) is 0 Å². The minimum atomic E-state index is -6.00. The van der Waals surface area contributed by atoms with E-state index in [-0.39, 0.29) is 25.7 Å². The third-order valence-electron chi connectivity index (χ3n) is 3.12. The molecule has 0 saturated carbocycles. The highest BCUT2D eigenvalue weighted by atomic mass is 19.5. The van der Waals surface area contributed by atoms with Crippen LogP contribution >= 0.6 is 0 Å². The standard InChI is InChI=1S/C12H18F9N.BF4/c13-9(14,11(18,19)12(20,21)22)7-5-3-1-2-4-6-8-10(15,16)17;2-1(3,4)5/h1-8,22H2;/q;-1/p+1. The Morgan fingerprint density at radius 3 is 1.15 bits per heavy atom. The van der Waals surface area contributed by atoms with Gasteiger partial charge < -0.3 is 17.3 Å². The zero-order valence-corrected chi connectivity index (χ0v) is 13.9. The van der Waals surface area contributed by atoms with Crippen molar-refractivity contribution >= 4 is 7.25 Å². The molecule has 166 valence electrons. The van der Waals surface area contributed by atoms with Crippen LogP contribution in [0.25, 0.3) is 0 Å². The molecule has 0 heterocycles. The van der Waals surface area contributed by atoms with Gasteiger partial charge in [0.25, 0.3) is 0 Å². The summed E-state index contributed by atoms with van der Waals surface area (Å²) in [5.41, 5.74) is 1.75. The number of hydrogen-bond donors (Lipinski definition) is 1. The first-order valence-corrected chi connectivity index (χ1v) is 7.63. The van der Waals surface area contributed by atoms with Crippen molar-refractivity contribution in [3.63, 3.8) is 0 Å². The Hall–Kier alpha value is -0.885. The number of quaternary nitrogens is 1. The van der Waals surface area contributed by atoms with E-state index in [2.05, 4.69) is 0 Å². The van der Waals surface area contributed by atoms with E-state index >= 15 is 0 Å². The SMILES string of the molecule is F[B-](F)(F)F.[NH3+]C(F)(F)C(F)(F)C(F)(F)CCCCCCCCC(F)(F)F. The van der Waals surface area contributed by atoms with Gasteiger partial charge in [0, 0.05) is 12.8 Å². The van der Waals surface area contributed by atoms with Gasteiger partial charge in [0.05, 0.1) is 0 Å². The van der Waals surface area contributed by atoms with Gasteiger partial charge in [0.1, 0.15) is 0 Å². The number of alkyl halides is 9. The second kappa shape index (κ2) is 10.6. The van der Waals surface area contributed by atoms with Gasteiger partial charge in [-0.1, -0.05) is 25.7 Å². The molecule has 0 atom stereocenters. The van der Waals surface area contributed by atoms with Crippen LogP contribution in [0.2, 0.25) is 0 Å². The van der Waals surface area contributed by atoms with Crippen LogP contribution < -0.4 is 5.73 Å². The Balaban J connectivity index is 0. The van der Waals surface area contributed by atoms with E-state index in [9.17, 15) is 56.8 Å². The van der Waals surface area contributed by atoms with Crippen LogP contribution in [-0.2, 0) is 0 Å². The molecule has 1 nitrogen and oxygen atoms in total. The molecule has 3 N–H and O–H groups in total. The summed E-state index contributed by atoms with van der Waals surface area (Å²) in [4.78, 5) is 0. The van der Waals surface area contributed by atoms with Gasteiger partial charge >= 0.3 is 31.3 Å². The molecule has 0 radical (unpaired) electrons. The molecule has 0 aromatic rings. The van der Waals surface area contributed by atoms with Crippen molar-refractivity contribution in [3.05, 3.63) is 0 Å². The van der Waals surface area contributed by atoms with E-state index < -0.39 is 50.6 Å². The van der Waals surface area contributed by atoms with Gasteiger partial charge in [-0.15, -0.1) is 8.78 Å². The van der Waals surface area contributed by atoms with Gasteiger partial charge in [0.2, 0.25) is 0 Å². The number of rotatable bonds is 10. The molecule has 0 fully saturated rings. The minimum Gasteiger partial charge on any atom is -0.418 e. The van der Waals surface area contributed by atoms with Gasteiger partial charge in [0.15, 0.2) is 0 Å². The fraction of sp³-hybridized carbons (Fsp3) is 1.00. The summed E-state index contributed by atoms with van der Waals surface area (Å²) in [6.45, 7) is 0. The van der Waals surface area contributed by atoms with Crippen LogP contribution in [0.4, 0.5) is 56.8 Å². The van der Waals surface area contributed by atoms with Crippen molar-refractivity contribution in [1.29, 1.82) is 0 Å². The summed E-state index contributed by atoms with van der Waals surface area (Å²) in [5.74, 6) is -10.4. The Kier molecular flexibility index (Phi) is 11.1. The molecule has 0 spiro atoms. The largest absolute Gasteiger partial charge is 0.673 e. The van der Waals surface area contributed by atoms with Crippen molar-refractivity contribution in [3.8, 4) is 0 Å². The molecular formula is C12H19BF13N. The highest BCUT2D eigenvalue weighted by Crippen LogP contribution is 2.44. The maximum atomic E-state index is 13.1. The third-order valence-corrected chi connectivity index (χ3v) is 3.12. The second-order valence-corrected chi connectivity index (χ2v) is 5.71. The van der Waals surface area contributed by atoms with Crippen molar-refractivity contribution in [2.24, 2.45) is 0 Å². The average molecular weight is 435 g/mol. The number of halogens is 13. The fourth-order valence-electron chi connectivity index (χ4n) is 1.80. The topological polar surface area (TPSA) is 27.6 Å². The Labute approximate surface area is 146 Å². The summed E-state index contributed by atoms with van der Waals surface area (Å²) in [7, 11) is -6.00. The lowest BCUT2D eigenvalue weighted by Gasteiger charge is -2.27. The molecule has 27 heavy (non-hydrogen) atoms. The number of hydrogen-bond acceptors (Lipinski definition) is 0. The van der Waals surface area contributed by atoms with Crippen LogP contribution in [0.3, 0.4) is 0 Å². The predicted octanol–water partition coefficient (Wildman–Crippen LogP) is 6.07. The quantitative estimate of drug-likeness (QED) is 0.187. The fourth-order valence-corrected chi connectivity index (χ4v) is 1.80. The van der Waals surface area contributed by atoms with Crippen LogP contribution in [0.1, 0.15) is 51.4 Å². The summed E-state index contributed by atoms with van der Waals surface area (Å²) in [6.07, 6.45) is -6.20. The highest BCUT2D eigenvalue weighted by molar-refractivity contribution is 6.50. The smallest absolute Gasteiger partial charge is 0.418 e. The summed E-state index contributed by atoms with van der Waals surface area (Å²) in [5, 5.41) is 0. The zero-order valence-electron chi connectivity index (χ0n) is 13.9. The molecule has 0 aliphatic carbocycles. The molecule has 15 heteroatoms. The molecule has 0 aromatic heterocycles. The Bertz CT molecular complexity index is 394. The Morgan fingerprint density at radius 1 is 0.556 bits per heavy atom. The van der Waals surface area contributed by atoms with E-state index in [0.29, 0.717) is 6.42 Å². The van der Waals surface area contributed by atoms with Crippen molar-refractivity contribution in [2.75, 3.05) is 0 Å². The van der Waals surface area contributed by atoms with E-state index in [1.807, 2.05) is 0 Å². The normalized spacial score (nSPS) is 14.0. The molecule has 0 aliphatic rings. The van der Waals surface area contributed by atoms with E-state index in [1.54, 1.807) is 5.73 Å². The maximum absolute atomic E-state index is 13.1. The number of unbranched alkanes of at least 4 members (excludes halogenated alkanes) is 5. The van der Waals surface area contributed by atoms with Gasteiger partial charge in [-0.2, -0.15) is 30.7 Å². The molecule has 0 amide bonds. The Morgan fingerprint density at radius 2 is 0.852 bits per heavy atom. The first-order chi connectivity index (χ1) is 11.7. The molecule has 0 aliphatic heterocycles. The van der Waals surface area contributed by atoms with Crippen LogP contribution in [-0.4, -0.2) is 31.3 Å². The predicted molar refractivity (Wildman–Crippen MR) is 70.9 cm³/mol. The zero-order chi connectivity index (χ0) is 22.2. The van der Waals surface area contributed by atoms with E-state index in [1.165, 1.54) is 0 Å². The first-order valence-electron chi connectivity index (χ1n) is 7.63. The summed E-state index contributed by atoms with van der Waals surface area (Å²) >= 11 is 0. The van der Waals surface area contributed by atoms with E-state index in [4.69, 9.17) is 0 Å². The molecule has 0 unspecified atom stereocenters. The van der Waals surface area contributed by atoms with Gasteiger partial charge in [-0.25, -0.2) is 0 Å². The molecular weight excluding hydrogens is 416 g/mol. The molecule has 0 bridgehead atoms. The third kappa shape index (κ3) is 14.8. The van der Waals surface area contributed by atoms with Gasteiger partial charge in [-0.05, 0) is 12.8 Å². The average Bonchev–Trinajstić information content (AvgIpc) is 2.37. The summed E-state index contributed by atoms with van der Waals surface area (Å²) in [6, 6.07) is -5.08. The van der Waals surface area contributed by atoms with Crippen LogP contribution in [0.15, 0.2) is 0 Å². The second-order valence-electron chi connectivity index (χ2n) is 5.71. The van der Waals surface area contributed by atoms with Crippen LogP contribution in [0.5, 0.6) is 0 Å².